The highest BCUT2D eigenvalue weighted by molar-refractivity contribution is 5.83. The van der Waals surface area contributed by atoms with Crippen molar-refractivity contribution in [1.82, 2.24) is 4.90 Å². The minimum atomic E-state index is -0.725. The van der Waals surface area contributed by atoms with Crippen molar-refractivity contribution < 1.29 is 19.0 Å². The molecule has 25 heavy (non-hydrogen) atoms. The predicted octanol–water partition coefficient (Wildman–Crippen LogP) is 2.93. The Kier molecular flexibility index (Phi) is 5.34. The summed E-state index contributed by atoms with van der Waals surface area (Å²) in [7, 11) is 0. The van der Waals surface area contributed by atoms with Gasteiger partial charge in [0.15, 0.2) is 17.7 Å². The number of benzene rings is 2. The number of aliphatic hydroxyl groups is 1. The molecule has 0 bridgehead atoms. The van der Waals surface area contributed by atoms with Gasteiger partial charge in [0.25, 0.3) is 5.91 Å². The van der Waals surface area contributed by atoms with Gasteiger partial charge in [-0.05, 0) is 25.0 Å². The average molecular weight is 343 g/mol. The summed E-state index contributed by atoms with van der Waals surface area (Å²) in [6, 6.07) is 14.3. The number of hydrogen-bond donors (Lipinski definition) is 1. The number of hydrogen-bond acceptors (Lipinski definition) is 3. The van der Waals surface area contributed by atoms with E-state index < -0.39 is 11.9 Å². The quantitative estimate of drug-likeness (QED) is 0.877. The van der Waals surface area contributed by atoms with Crippen LogP contribution in [0.15, 0.2) is 48.5 Å². The zero-order valence-electron chi connectivity index (χ0n) is 14.2. The zero-order chi connectivity index (χ0) is 17.8. The zero-order valence-corrected chi connectivity index (χ0v) is 14.2. The Hall–Kier alpha value is -2.40. The Morgan fingerprint density at radius 3 is 2.72 bits per heavy atom. The molecule has 0 aliphatic carbocycles. The molecule has 5 heteroatoms. The van der Waals surface area contributed by atoms with Gasteiger partial charge in [-0.1, -0.05) is 42.5 Å². The highest BCUT2D eigenvalue weighted by Gasteiger charge is 2.35. The van der Waals surface area contributed by atoms with Crippen LogP contribution in [0, 0.1) is 5.82 Å². The lowest BCUT2D eigenvalue weighted by molar-refractivity contribution is -0.141. The number of aliphatic hydroxyl groups excluding tert-OH is 1. The molecule has 3 rings (SSSR count). The van der Waals surface area contributed by atoms with Crippen LogP contribution in [0.3, 0.4) is 0 Å². The number of halogens is 1. The number of carbonyl (C=O) groups is 1. The van der Waals surface area contributed by atoms with Crippen LogP contribution in [0.25, 0.3) is 0 Å². The topological polar surface area (TPSA) is 49.8 Å². The van der Waals surface area contributed by atoms with E-state index in [1.807, 2.05) is 37.3 Å². The van der Waals surface area contributed by atoms with Crippen molar-refractivity contribution in [1.29, 1.82) is 0 Å². The molecule has 0 aromatic heterocycles. The number of rotatable bonds is 6. The maximum absolute atomic E-state index is 13.9. The molecule has 1 N–H and O–H groups in total. The summed E-state index contributed by atoms with van der Waals surface area (Å²) in [4.78, 5) is 14.8. The summed E-state index contributed by atoms with van der Waals surface area (Å²) in [5.74, 6) is -0.443. The number of fused-ring (bicyclic) bond motifs is 1. The fourth-order valence-electron chi connectivity index (χ4n) is 3.13. The normalized spacial score (nSPS) is 16.8. The monoisotopic (exact) mass is 343 g/mol. The first kappa shape index (κ1) is 17.4. The van der Waals surface area contributed by atoms with Crippen molar-refractivity contribution in [3.05, 3.63) is 65.5 Å². The van der Waals surface area contributed by atoms with Crippen LogP contribution < -0.4 is 4.74 Å². The van der Waals surface area contributed by atoms with Gasteiger partial charge in [-0.3, -0.25) is 4.79 Å². The Morgan fingerprint density at radius 2 is 2.04 bits per heavy atom. The van der Waals surface area contributed by atoms with Crippen molar-refractivity contribution >= 4 is 5.91 Å². The van der Waals surface area contributed by atoms with Crippen LogP contribution in [0.1, 0.15) is 24.5 Å². The second-order valence-electron chi connectivity index (χ2n) is 6.35. The Labute approximate surface area is 146 Å². The molecular formula is C20H22FNO3. The van der Waals surface area contributed by atoms with Crippen molar-refractivity contribution in [3.8, 4) is 5.75 Å². The first-order chi connectivity index (χ1) is 12.1. The van der Waals surface area contributed by atoms with Gasteiger partial charge in [-0.15, -0.1) is 0 Å². The minimum absolute atomic E-state index is 0.000113. The highest BCUT2D eigenvalue weighted by atomic mass is 19.1. The van der Waals surface area contributed by atoms with Gasteiger partial charge in [0, 0.05) is 31.2 Å². The standard InChI is InChI=1S/C20H22FNO3/c1-14(10-11-23)22(13-15-6-3-2-4-7-15)20(24)18-12-16-8-5-9-17(21)19(16)25-18/h2-9,14,18,23H,10-13H2,1H3. The van der Waals surface area contributed by atoms with Gasteiger partial charge < -0.3 is 14.7 Å². The molecule has 1 heterocycles. The second kappa shape index (κ2) is 7.66. The summed E-state index contributed by atoms with van der Waals surface area (Å²) in [6.07, 6.45) is 0.118. The molecule has 0 radical (unpaired) electrons. The van der Waals surface area contributed by atoms with Crippen LogP contribution in [0.2, 0.25) is 0 Å². The van der Waals surface area contributed by atoms with Crippen LogP contribution in [0.5, 0.6) is 5.75 Å². The van der Waals surface area contributed by atoms with Crippen molar-refractivity contribution in [2.24, 2.45) is 0 Å². The lowest BCUT2D eigenvalue weighted by Gasteiger charge is -2.31. The van der Waals surface area contributed by atoms with E-state index in [1.165, 1.54) is 6.07 Å². The second-order valence-corrected chi connectivity index (χ2v) is 6.35. The predicted molar refractivity (Wildman–Crippen MR) is 92.7 cm³/mol. The largest absolute Gasteiger partial charge is 0.477 e. The molecule has 1 aliphatic rings. The Balaban J connectivity index is 1.79. The van der Waals surface area contributed by atoms with E-state index >= 15 is 0 Å². The van der Waals surface area contributed by atoms with E-state index in [9.17, 15) is 14.3 Å². The molecule has 1 amide bonds. The summed E-state index contributed by atoms with van der Waals surface area (Å²) in [5.41, 5.74) is 1.72. The number of amides is 1. The maximum Gasteiger partial charge on any atom is 0.264 e. The average Bonchev–Trinajstić information content (AvgIpc) is 3.06. The SMILES string of the molecule is CC(CCO)N(Cc1ccccc1)C(=O)C1Cc2cccc(F)c2O1. The van der Waals surface area contributed by atoms with Crippen molar-refractivity contribution in [2.75, 3.05) is 6.61 Å². The number of para-hydroxylation sites is 1. The molecule has 2 atom stereocenters. The Bertz CT molecular complexity index is 735. The van der Waals surface area contributed by atoms with Crippen LogP contribution in [0.4, 0.5) is 4.39 Å². The first-order valence-electron chi connectivity index (χ1n) is 8.49. The molecule has 0 saturated carbocycles. The van der Waals surface area contributed by atoms with E-state index in [0.717, 1.165) is 5.56 Å². The maximum atomic E-state index is 13.9. The van der Waals surface area contributed by atoms with Gasteiger partial charge in [0.2, 0.25) is 0 Å². The van der Waals surface area contributed by atoms with Crippen LogP contribution in [-0.2, 0) is 17.8 Å². The first-order valence-corrected chi connectivity index (χ1v) is 8.49. The minimum Gasteiger partial charge on any atom is -0.477 e. The molecule has 0 saturated heterocycles. The van der Waals surface area contributed by atoms with E-state index in [-0.39, 0.29) is 24.3 Å². The molecule has 1 aliphatic heterocycles. The third-order valence-electron chi connectivity index (χ3n) is 4.55. The van der Waals surface area contributed by atoms with E-state index in [0.29, 0.717) is 24.9 Å². The third kappa shape index (κ3) is 3.82. The fraction of sp³-hybridized carbons (Fsp3) is 0.350. The smallest absolute Gasteiger partial charge is 0.264 e. The highest BCUT2D eigenvalue weighted by Crippen LogP contribution is 2.32. The summed E-state index contributed by atoms with van der Waals surface area (Å²) in [6.45, 7) is 2.33. The molecule has 0 spiro atoms. The van der Waals surface area contributed by atoms with Gasteiger partial charge in [0.1, 0.15) is 0 Å². The van der Waals surface area contributed by atoms with Gasteiger partial charge in [0.05, 0.1) is 0 Å². The van der Waals surface area contributed by atoms with Crippen LogP contribution >= 0.6 is 0 Å². The molecule has 2 unspecified atom stereocenters. The van der Waals surface area contributed by atoms with Gasteiger partial charge in [-0.2, -0.15) is 0 Å². The lowest BCUT2D eigenvalue weighted by atomic mass is 10.1. The molecule has 2 aromatic rings. The molecule has 132 valence electrons. The molecule has 2 aromatic carbocycles. The van der Waals surface area contributed by atoms with E-state index in [1.54, 1.807) is 17.0 Å². The third-order valence-corrected chi connectivity index (χ3v) is 4.55. The molecular weight excluding hydrogens is 321 g/mol. The van der Waals surface area contributed by atoms with Crippen LogP contribution in [-0.4, -0.2) is 34.7 Å². The number of ether oxygens (including phenoxy) is 1. The summed E-state index contributed by atoms with van der Waals surface area (Å²) < 4.78 is 19.5. The Morgan fingerprint density at radius 1 is 1.28 bits per heavy atom. The fourth-order valence-corrected chi connectivity index (χ4v) is 3.13. The number of carbonyl (C=O) groups excluding carboxylic acids is 1. The summed E-state index contributed by atoms with van der Waals surface area (Å²) >= 11 is 0. The molecule has 4 nitrogen and oxygen atoms in total. The van der Waals surface area contributed by atoms with Crippen molar-refractivity contribution in [2.45, 2.75) is 38.5 Å². The lowest BCUT2D eigenvalue weighted by Crippen LogP contribution is -2.46. The summed E-state index contributed by atoms with van der Waals surface area (Å²) in [5, 5.41) is 9.26. The van der Waals surface area contributed by atoms with E-state index in [4.69, 9.17) is 4.74 Å². The van der Waals surface area contributed by atoms with Gasteiger partial charge in [-0.25, -0.2) is 4.39 Å². The van der Waals surface area contributed by atoms with Gasteiger partial charge >= 0.3 is 0 Å². The van der Waals surface area contributed by atoms with Crippen molar-refractivity contribution in [3.63, 3.8) is 0 Å². The van der Waals surface area contributed by atoms with E-state index in [2.05, 4.69) is 0 Å². The molecule has 0 fully saturated rings. The number of nitrogens with zero attached hydrogens (tertiary/aromatic N) is 1.